The zero-order chi connectivity index (χ0) is 23.7. The Morgan fingerprint density at radius 1 is 1.19 bits per heavy atom. The van der Waals surface area contributed by atoms with Crippen molar-refractivity contribution in [1.82, 2.24) is 20.2 Å². The number of hydrogen-bond acceptors (Lipinski definition) is 5. The Bertz CT molecular complexity index is 1120. The van der Waals surface area contributed by atoms with Crippen LogP contribution in [0.3, 0.4) is 0 Å². The number of Topliss-reactive ketones (excluding diaryl/α,β-unsaturated/α-hetero) is 1. The predicted octanol–water partition coefficient (Wildman–Crippen LogP) is 1.56. The Balaban J connectivity index is 1.85. The molecule has 2 aromatic rings. The van der Waals surface area contributed by atoms with E-state index in [9.17, 15) is 23.6 Å². The van der Waals surface area contributed by atoms with Crippen LogP contribution >= 0.6 is 0 Å². The van der Waals surface area contributed by atoms with Crippen LogP contribution in [0.5, 0.6) is 0 Å². The standard InChI is InChI=1S/C22H26FN5O4/c1-10-8-14(9-25-19(10)23)26-20(30)15-11(2)17(28(5)12(15)3)18(29)22(32)27-16(13-6-7-13)21(31)24-4/h8-9,13,16H,6-7H2,1-5H3,(H,24,31)(H,26,30)(H,27,32)/t16-/m0/s1. The number of likely N-dealkylation sites (N-methyl/N-ethyl adjacent to an activating group) is 1. The second-order valence-corrected chi connectivity index (χ2v) is 8.01. The molecule has 1 saturated carbocycles. The molecule has 1 fully saturated rings. The van der Waals surface area contributed by atoms with Gasteiger partial charge in [-0.25, -0.2) is 4.98 Å². The number of nitrogens with zero attached hydrogens (tertiary/aromatic N) is 2. The predicted molar refractivity (Wildman–Crippen MR) is 115 cm³/mol. The number of amides is 3. The average Bonchev–Trinajstić information content (AvgIpc) is 3.55. The normalized spacial score (nSPS) is 13.9. The lowest BCUT2D eigenvalue weighted by Gasteiger charge is -2.16. The summed E-state index contributed by atoms with van der Waals surface area (Å²) in [6, 6.07) is 0.680. The van der Waals surface area contributed by atoms with Gasteiger partial charge in [0.1, 0.15) is 6.04 Å². The second-order valence-electron chi connectivity index (χ2n) is 8.01. The lowest BCUT2D eigenvalue weighted by atomic mass is 10.1. The molecule has 0 bridgehead atoms. The van der Waals surface area contributed by atoms with Gasteiger partial charge in [0.25, 0.3) is 17.6 Å². The summed E-state index contributed by atoms with van der Waals surface area (Å²) in [6.45, 7) is 4.76. The number of pyridine rings is 1. The third-order valence-electron chi connectivity index (χ3n) is 5.76. The molecular weight excluding hydrogens is 417 g/mol. The SMILES string of the molecule is CNC(=O)[C@@H](NC(=O)C(=O)c1c(C)c(C(=O)Nc2cnc(F)c(C)c2)c(C)n1C)C1CC1. The molecule has 9 nitrogen and oxygen atoms in total. The first kappa shape index (κ1) is 23.1. The summed E-state index contributed by atoms with van der Waals surface area (Å²) in [5.74, 6) is -3.21. The molecule has 32 heavy (non-hydrogen) atoms. The molecule has 3 rings (SSSR count). The van der Waals surface area contributed by atoms with Crippen LogP contribution < -0.4 is 16.0 Å². The molecule has 2 aromatic heterocycles. The van der Waals surface area contributed by atoms with Crippen molar-refractivity contribution >= 4 is 29.2 Å². The first-order chi connectivity index (χ1) is 15.1. The summed E-state index contributed by atoms with van der Waals surface area (Å²) in [4.78, 5) is 54.2. The minimum absolute atomic E-state index is 0.0112. The van der Waals surface area contributed by atoms with Crippen molar-refractivity contribution in [3.8, 4) is 0 Å². The van der Waals surface area contributed by atoms with E-state index in [4.69, 9.17) is 0 Å². The summed E-state index contributed by atoms with van der Waals surface area (Å²) in [5, 5.41) is 7.68. The van der Waals surface area contributed by atoms with Crippen LogP contribution in [0.1, 0.15) is 50.5 Å². The van der Waals surface area contributed by atoms with E-state index in [0.717, 1.165) is 12.8 Å². The fourth-order valence-corrected chi connectivity index (χ4v) is 3.75. The lowest BCUT2D eigenvalue weighted by molar-refractivity contribution is -0.127. The van der Waals surface area contributed by atoms with Crippen LogP contribution in [0.25, 0.3) is 0 Å². The van der Waals surface area contributed by atoms with E-state index in [0.29, 0.717) is 16.9 Å². The van der Waals surface area contributed by atoms with Gasteiger partial charge in [0.05, 0.1) is 23.1 Å². The van der Waals surface area contributed by atoms with E-state index in [1.807, 2.05) is 0 Å². The molecule has 0 spiro atoms. The summed E-state index contributed by atoms with van der Waals surface area (Å²) in [6.07, 6.45) is 2.80. The van der Waals surface area contributed by atoms with E-state index in [1.165, 1.54) is 30.8 Å². The van der Waals surface area contributed by atoms with Gasteiger partial charge >= 0.3 is 0 Å². The smallest absolute Gasteiger partial charge is 0.294 e. The zero-order valence-corrected chi connectivity index (χ0v) is 18.6. The second kappa shape index (κ2) is 8.89. The highest BCUT2D eigenvalue weighted by atomic mass is 19.1. The molecule has 170 valence electrons. The summed E-state index contributed by atoms with van der Waals surface area (Å²) in [7, 11) is 3.06. The first-order valence-corrected chi connectivity index (χ1v) is 10.2. The number of anilines is 1. The fraction of sp³-hybridized carbons (Fsp3) is 0.409. The first-order valence-electron chi connectivity index (χ1n) is 10.2. The van der Waals surface area contributed by atoms with E-state index in [1.54, 1.807) is 20.9 Å². The van der Waals surface area contributed by atoms with Gasteiger partial charge in [0, 0.05) is 25.4 Å². The number of carbonyl (C=O) groups is 4. The zero-order valence-electron chi connectivity index (χ0n) is 18.6. The Labute approximate surface area is 184 Å². The van der Waals surface area contributed by atoms with Crippen LogP contribution in [0.2, 0.25) is 0 Å². The van der Waals surface area contributed by atoms with Crippen LogP contribution in [0.15, 0.2) is 12.3 Å². The van der Waals surface area contributed by atoms with Crippen molar-refractivity contribution in [2.75, 3.05) is 12.4 Å². The highest BCUT2D eigenvalue weighted by Gasteiger charge is 2.38. The van der Waals surface area contributed by atoms with Crippen LogP contribution in [0.4, 0.5) is 10.1 Å². The Morgan fingerprint density at radius 3 is 2.41 bits per heavy atom. The largest absolute Gasteiger partial charge is 0.357 e. The van der Waals surface area contributed by atoms with Crippen LogP contribution in [0, 0.1) is 32.6 Å². The number of hydrogen-bond donors (Lipinski definition) is 3. The number of aryl methyl sites for hydroxylation is 1. The van der Waals surface area contributed by atoms with E-state index < -0.39 is 29.6 Å². The highest BCUT2D eigenvalue weighted by molar-refractivity contribution is 6.43. The van der Waals surface area contributed by atoms with E-state index in [-0.39, 0.29) is 28.6 Å². The van der Waals surface area contributed by atoms with Gasteiger partial charge in [-0.1, -0.05) is 0 Å². The molecule has 1 aliphatic carbocycles. The topological polar surface area (TPSA) is 122 Å². The molecule has 0 aliphatic heterocycles. The Hall–Kier alpha value is -3.56. The van der Waals surface area contributed by atoms with Crippen molar-refractivity contribution in [3.63, 3.8) is 0 Å². The monoisotopic (exact) mass is 443 g/mol. The van der Waals surface area contributed by atoms with Gasteiger partial charge in [-0.15, -0.1) is 0 Å². The van der Waals surface area contributed by atoms with Gasteiger partial charge in [-0.05, 0) is 51.2 Å². The highest BCUT2D eigenvalue weighted by Crippen LogP contribution is 2.33. The molecule has 1 atom stereocenters. The Kier molecular flexibility index (Phi) is 6.42. The third kappa shape index (κ3) is 4.39. The van der Waals surface area contributed by atoms with E-state index in [2.05, 4.69) is 20.9 Å². The molecule has 0 aromatic carbocycles. The minimum atomic E-state index is -0.903. The third-order valence-corrected chi connectivity index (χ3v) is 5.76. The Morgan fingerprint density at radius 2 is 1.84 bits per heavy atom. The number of aromatic nitrogens is 2. The van der Waals surface area contributed by atoms with Gasteiger partial charge in [0.2, 0.25) is 11.9 Å². The van der Waals surface area contributed by atoms with Crippen molar-refractivity contribution in [2.45, 2.75) is 39.7 Å². The average molecular weight is 443 g/mol. The number of nitrogens with one attached hydrogen (secondary N) is 3. The molecule has 3 amide bonds. The summed E-state index contributed by atoms with van der Waals surface area (Å²) < 4.78 is 14.9. The number of rotatable bonds is 7. The van der Waals surface area contributed by atoms with Crippen molar-refractivity contribution in [2.24, 2.45) is 13.0 Å². The number of halogens is 1. The van der Waals surface area contributed by atoms with Crippen LogP contribution in [-0.4, -0.2) is 46.1 Å². The molecule has 2 heterocycles. The minimum Gasteiger partial charge on any atom is -0.357 e. The van der Waals surface area contributed by atoms with Crippen LogP contribution in [-0.2, 0) is 16.6 Å². The van der Waals surface area contributed by atoms with Gasteiger partial charge in [-0.2, -0.15) is 4.39 Å². The van der Waals surface area contributed by atoms with Gasteiger partial charge < -0.3 is 20.5 Å². The maximum Gasteiger partial charge on any atom is 0.294 e. The quantitative estimate of drug-likeness (QED) is 0.341. The summed E-state index contributed by atoms with van der Waals surface area (Å²) in [5.41, 5.74) is 1.68. The number of carbonyl (C=O) groups excluding carboxylic acids is 4. The van der Waals surface area contributed by atoms with Crippen molar-refractivity contribution in [1.29, 1.82) is 0 Å². The maximum absolute atomic E-state index is 13.4. The maximum atomic E-state index is 13.4. The number of ketones is 1. The molecule has 10 heteroatoms. The van der Waals surface area contributed by atoms with E-state index >= 15 is 0 Å². The molecular formula is C22H26FN5O4. The molecule has 0 saturated heterocycles. The summed E-state index contributed by atoms with van der Waals surface area (Å²) >= 11 is 0. The lowest BCUT2D eigenvalue weighted by Crippen LogP contribution is -2.49. The molecule has 3 N–H and O–H groups in total. The van der Waals surface area contributed by atoms with Crippen molar-refractivity contribution < 1.29 is 23.6 Å². The molecule has 0 radical (unpaired) electrons. The van der Waals surface area contributed by atoms with Crippen molar-refractivity contribution in [3.05, 3.63) is 46.3 Å². The van der Waals surface area contributed by atoms with Gasteiger partial charge in [0.15, 0.2) is 0 Å². The fourth-order valence-electron chi connectivity index (χ4n) is 3.75. The molecule has 1 aliphatic rings. The van der Waals surface area contributed by atoms with Gasteiger partial charge in [-0.3, -0.25) is 19.2 Å². The molecule has 0 unspecified atom stereocenters.